The Kier molecular flexibility index (Phi) is 7.38. The number of benzene rings is 2. The maximum atomic E-state index is 13.3. The zero-order chi connectivity index (χ0) is 26.5. The van der Waals surface area contributed by atoms with Crippen LogP contribution in [0.15, 0.2) is 71.7 Å². The lowest BCUT2D eigenvalue weighted by molar-refractivity contribution is -0.121. The summed E-state index contributed by atoms with van der Waals surface area (Å²) in [6.45, 7) is 0.234. The zero-order valence-corrected chi connectivity index (χ0v) is 19.9. The van der Waals surface area contributed by atoms with Crippen LogP contribution < -0.4 is 10.9 Å². The highest BCUT2D eigenvalue weighted by molar-refractivity contribution is 5.89. The van der Waals surface area contributed by atoms with E-state index in [9.17, 15) is 29.7 Å². The molecule has 0 fully saturated rings. The van der Waals surface area contributed by atoms with Gasteiger partial charge >= 0.3 is 5.97 Å². The molecular weight excluding hydrogens is 478 g/mol. The normalized spacial score (nSPS) is 11.7. The van der Waals surface area contributed by atoms with Gasteiger partial charge in [0.25, 0.3) is 5.56 Å². The summed E-state index contributed by atoms with van der Waals surface area (Å²) in [6, 6.07) is 15.6. The molecule has 10 heteroatoms. The number of fused-ring (bicyclic) bond motifs is 1. The predicted molar refractivity (Wildman–Crippen MR) is 134 cm³/mol. The lowest BCUT2D eigenvalue weighted by Gasteiger charge is -2.19. The summed E-state index contributed by atoms with van der Waals surface area (Å²) in [6.07, 6.45) is 1.74. The molecule has 1 atom stereocenters. The van der Waals surface area contributed by atoms with E-state index in [0.29, 0.717) is 23.1 Å². The first-order valence-electron chi connectivity index (χ1n) is 11.4. The zero-order valence-electron chi connectivity index (χ0n) is 19.9. The van der Waals surface area contributed by atoms with Gasteiger partial charge in [-0.25, -0.2) is 4.79 Å². The molecule has 37 heavy (non-hydrogen) atoms. The second-order valence-corrected chi connectivity index (χ2v) is 8.38. The van der Waals surface area contributed by atoms with Crippen molar-refractivity contribution in [3.63, 3.8) is 0 Å². The Morgan fingerprint density at radius 1 is 1.03 bits per heavy atom. The average Bonchev–Trinajstić information content (AvgIpc) is 2.89. The van der Waals surface area contributed by atoms with Gasteiger partial charge in [-0.15, -0.1) is 0 Å². The summed E-state index contributed by atoms with van der Waals surface area (Å²) in [4.78, 5) is 42.3. The Balaban J connectivity index is 1.62. The lowest BCUT2D eigenvalue weighted by Crippen LogP contribution is -2.30. The van der Waals surface area contributed by atoms with E-state index in [-0.39, 0.29) is 41.6 Å². The van der Waals surface area contributed by atoms with Crippen molar-refractivity contribution in [1.29, 1.82) is 0 Å². The molecule has 0 aliphatic carbocycles. The number of methoxy groups -OCH3 is 1. The summed E-state index contributed by atoms with van der Waals surface area (Å²) < 4.78 is 6.02. The minimum atomic E-state index is -0.860. The molecule has 4 rings (SSSR count). The van der Waals surface area contributed by atoms with E-state index in [1.54, 1.807) is 36.4 Å². The number of aromatic nitrogens is 2. The maximum Gasteiger partial charge on any atom is 0.337 e. The van der Waals surface area contributed by atoms with Crippen LogP contribution in [0, 0.1) is 0 Å². The van der Waals surface area contributed by atoms with Crippen molar-refractivity contribution < 1.29 is 29.6 Å². The van der Waals surface area contributed by atoms with Crippen molar-refractivity contribution in [2.24, 2.45) is 0 Å². The first-order valence-corrected chi connectivity index (χ1v) is 11.4. The van der Waals surface area contributed by atoms with Gasteiger partial charge in [-0.3, -0.25) is 14.0 Å². The van der Waals surface area contributed by atoms with Crippen LogP contribution in [0.3, 0.4) is 0 Å². The third-order valence-electron chi connectivity index (χ3n) is 6.00. The number of rotatable bonds is 8. The highest BCUT2D eigenvalue weighted by Gasteiger charge is 2.26. The number of nitrogens with one attached hydrogen (secondary N) is 1. The first kappa shape index (κ1) is 25.2. The molecule has 0 unspecified atom stereocenters. The minimum Gasteiger partial charge on any atom is -0.504 e. The number of hydrogen-bond donors (Lipinski definition) is 4. The minimum absolute atomic E-state index is 0.0480. The number of phenolic OH excluding ortho intramolecular Hbond substituents is 2. The van der Waals surface area contributed by atoms with Crippen molar-refractivity contribution in [2.45, 2.75) is 18.8 Å². The molecule has 4 N–H and O–H groups in total. The molecule has 1 amide bonds. The molecule has 0 saturated carbocycles. The number of pyridine rings is 1. The van der Waals surface area contributed by atoms with Crippen LogP contribution in [0.5, 0.6) is 17.4 Å². The van der Waals surface area contributed by atoms with Gasteiger partial charge in [-0.1, -0.05) is 24.3 Å². The van der Waals surface area contributed by atoms with Crippen LogP contribution in [0.4, 0.5) is 0 Å². The van der Waals surface area contributed by atoms with Crippen molar-refractivity contribution in [3.8, 4) is 17.4 Å². The van der Waals surface area contributed by atoms with Gasteiger partial charge in [-0.2, -0.15) is 4.98 Å². The maximum absolute atomic E-state index is 13.3. The number of hydrogen-bond acceptors (Lipinski definition) is 8. The molecule has 0 spiro atoms. The summed E-state index contributed by atoms with van der Waals surface area (Å²) >= 11 is 0. The Hall–Kier alpha value is -4.86. The van der Waals surface area contributed by atoms with E-state index in [1.165, 1.54) is 42.0 Å². The Bertz CT molecular complexity index is 1510. The quantitative estimate of drug-likeness (QED) is 0.212. The molecule has 2 heterocycles. The first-order chi connectivity index (χ1) is 17.8. The molecule has 4 aromatic rings. The van der Waals surface area contributed by atoms with Gasteiger partial charge < -0.3 is 25.4 Å². The smallest absolute Gasteiger partial charge is 0.337 e. The van der Waals surface area contributed by atoms with Crippen molar-refractivity contribution >= 4 is 17.5 Å². The number of aromatic hydroxyl groups is 3. The largest absolute Gasteiger partial charge is 0.504 e. The fourth-order valence-corrected chi connectivity index (χ4v) is 4.08. The molecule has 2 aromatic heterocycles. The number of esters is 1. The topological polar surface area (TPSA) is 150 Å². The SMILES string of the molecule is COC(=O)c1ccc([C@@H](CC(=O)NCCc2ccc(O)c(O)c2)c2c(O)nc3ccccn3c2=O)cc1. The van der Waals surface area contributed by atoms with Crippen molar-refractivity contribution in [3.05, 3.63) is 99.5 Å². The van der Waals surface area contributed by atoms with Crippen LogP contribution in [0.25, 0.3) is 5.65 Å². The molecule has 0 radical (unpaired) electrons. The van der Waals surface area contributed by atoms with Gasteiger partial charge in [0, 0.05) is 25.1 Å². The molecule has 0 aliphatic rings. The van der Waals surface area contributed by atoms with E-state index in [2.05, 4.69) is 10.3 Å². The Labute approximate surface area is 211 Å². The fraction of sp³-hybridized carbons (Fsp3) is 0.185. The van der Waals surface area contributed by atoms with Crippen LogP contribution in [-0.4, -0.2) is 50.2 Å². The number of carbonyl (C=O) groups is 2. The number of carbonyl (C=O) groups excluding carboxylic acids is 2. The van der Waals surface area contributed by atoms with E-state index < -0.39 is 23.3 Å². The second-order valence-electron chi connectivity index (χ2n) is 8.38. The second kappa shape index (κ2) is 10.8. The molecule has 0 saturated heterocycles. The van der Waals surface area contributed by atoms with Gasteiger partial charge in [0.15, 0.2) is 11.5 Å². The molecule has 10 nitrogen and oxygen atoms in total. The van der Waals surface area contributed by atoms with Crippen molar-refractivity contribution in [2.75, 3.05) is 13.7 Å². The third kappa shape index (κ3) is 5.53. The Morgan fingerprint density at radius 3 is 2.49 bits per heavy atom. The van der Waals surface area contributed by atoms with Crippen LogP contribution in [0.2, 0.25) is 0 Å². The van der Waals surface area contributed by atoms with Crippen LogP contribution in [-0.2, 0) is 16.0 Å². The summed E-state index contributed by atoms with van der Waals surface area (Å²) in [5.41, 5.74) is 1.22. The number of phenols is 2. The standard InChI is InChI=1S/C27H25N3O7/c1-37-27(36)18-8-6-17(7-9-18)19(24-25(34)29-22-4-2-3-13-30(22)26(24)35)15-23(33)28-12-11-16-5-10-20(31)21(32)14-16/h2-10,13-14,19,31-32,34H,11-12,15H2,1H3,(H,28,33)/t19-/m1/s1. The Morgan fingerprint density at radius 2 is 1.78 bits per heavy atom. The molecular formula is C27H25N3O7. The van der Waals surface area contributed by atoms with E-state index >= 15 is 0 Å². The fourth-order valence-electron chi connectivity index (χ4n) is 4.08. The monoisotopic (exact) mass is 503 g/mol. The molecule has 0 aliphatic heterocycles. The summed E-state index contributed by atoms with van der Waals surface area (Å²) in [5, 5.41) is 32.6. The van der Waals surface area contributed by atoms with Crippen LogP contribution in [0.1, 0.15) is 39.4 Å². The average molecular weight is 504 g/mol. The number of amides is 1. The van der Waals surface area contributed by atoms with E-state index in [4.69, 9.17) is 4.74 Å². The van der Waals surface area contributed by atoms with E-state index in [1.807, 2.05) is 0 Å². The van der Waals surface area contributed by atoms with Gasteiger partial charge in [0.05, 0.1) is 18.2 Å². The van der Waals surface area contributed by atoms with Gasteiger partial charge in [0.1, 0.15) is 5.65 Å². The predicted octanol–water partition coefficient (Wildman–Crippen LogP) is 2.48. The lowest BCUT2D eigenvalue weighted by atomic mass is 9.88. The van der Waals surface area contributed by atoms with Crippen LogP contribution >= 0.6 is 0 Å². The molecule has 0 bridgehead atoms. The third-order valence-corrected chi connectivity index (χ3v) is 6.00. The molecule has 190 valence electrons. The summed E-state index contributed by atoms with van der Waals surface area (Å²) in [7, 11) is 1.27. The molecule has 2 aromatic carbocycles. The highest BCUT2D eigenvalue weighted by Crippen LogP contribution is 2.31. The van der Waals surface area contributed by atoms with Gasteiger partial charge in [0.2, 0.25) is 11.8 Å². The van der Waals surface area contributed by atoms with Gasteiger partial charge in [-0.05, 0) is 53.9 Å². The number of ether oxygens (including phenoxy) is 1. The van der Waals surface area contributed by atoms with E-state index in [0.717, 1.165) is 0 Å². The number of nitrogens with zero attached hydrogens (tertiary/aromatic N) is 2. The summed E-state index contributed by atoms with van der Waals surface area (Å²) in [5.74, 6) is -2.74. The van der Waals surface area contributed by atoms with Crippen molar-refractivity contribution in [1.82, 2.24) is 14.7 Å². The highest BCUT2D eigenvalue weighted by atomic mass is 16.5.